The highest BCUT2D eigenvalue weighted by atomic mass is 35.5. The lowest BCUT2D eigenvalue weighted by Crippen LogP contribution is -2.34. The standard InChI is InChI=1S/C23H24Cl2N4O5S/c1-4-34-22(32)19-15(10-35-9-12-8-16(30)29-23(26)28-12)27-11(2)17(21(31)33-3)18(19)13-6-5-7-14(24)20(13)25/h5-8,18,27H,4,9-10H2,1-3H3,(H3,26,28,29,30). The number of aromatic amines is 1. The number of carbonyl (C=O) groups excluding carboxylic acids is 2. The molecule has 12 heteroatoms. The maximum absolute atomic E-state index is 13.2. The Kier molecular flexibility index (Phi) is 8.87. The fraction of sp³-hybridized carbons (Fsp3) is 0.304. The van der Waals surface area contributed by atoms with E-state index in [1.54, 1.807) is 32.0 Å². The molecular weight excluding hydrogens is 515 g/mol. The Balaban J connectivity index is 2.09. The number of nitrogens with one attached hydrogen (secondary N) is 2. The molecule has 0 saturated heterocycles. The summed E-state index contributed by atoms with van der Waals surface area (Å²) in [6.45, 7) is 3.53. The van der Waals surface area contributed by atoms with Gasteiger partial charge in [0.1, 0.15) is 0 Å². The number of nitrogens with zero attached hydrogens (tertiary/aromatic N) is 1. The van der Waals surface area contributed by atoms with Crippen LogP contribution in [0.5, 0.6) is 0 Å². The van der Waals surface area contributed by atoms with E-state index in [1.165, 1.54) is 24.9 Å². The number of methoxy groups -OCH3 is 1. The van der Waals surface area contributed by atoms with Crippen molar-refractivity contribution in [3.05, 3.63) is 78.5 Å². The van der Waals surface area contributed by atoms with Gasteiger partial charge in [0.2, 0.25) is 5.95 Å². The van der Waals surface area contributed by atoms with Crippen LogP contribution in [0.3, 0.4) is 0 Å². The van der Waals surface area contributed by atoms with Crippen LogP contribution in [0.1, 0.15) is 31.0 Å². The van der Waals surface area contributed by atoms with Crippen LogP contribution in [0.25, 0.3) is 0 Å². The Hall–Kier alpha value is -2.95. The van der Waals surface area contributed by atoms with E-state index in [1.807, 2.05) is 0 Å². The topological polar surface area (TPSA) is 136 Å². The van der Waals surface area contributed by atoms with E-state index in [-0.39, 0.29) is 39.3 Å². The van der Waals surface area contributed by atoms with Gasteiger partial charge in [-0.15, -0.1) is 11.8 Å². The van der Waals surface area contributed by atoms with Crippen molar-refractivity contribution in [2.24, 2.45) is 0 Å². The predicted octanol–water partition coefficient (Wildman–Crippen LogP) is 3.54. The third-order valence-electron chi connectivity index (χ3n) is 5.15. The summed E-state index contributed by atoms with van der Waals surface area (Å²) < 4.78 is 10.4. The maximum atomic E-state index is 13.2. The molecule has 3 rings (SSSR count). The number of hydrogen-bond acceptors (Lipinski definition) is 9. The Bertz CT molecular complexity index is 1270. The second kappa shape index (κ2) is 11.7. The quantitative estimate of drug-likeness (QED) is 0.430. The van der Waals surface area contributed by atoms with Crippen molar-refractivity contribution in [2.75, 3.05) is 25.2 Å². The van der Waals surface area contributed by atoms with Gasteiger partial charge in [0.25, 0.3) is 5.56 Å². The van der Waals surface area contributed by atoms with Crippen molar-refractivity contribution in [1.82, 2.24) is 15.3 Å². The summed E-state index contributed by atoms with van der Waals surface area (Å²) in [7, 11) is 1.26. The van der Waals surface area contributed by atoms with Crippen LogP contribution in [0.4, 0.5) is 5.95 Å². The van der Waals surface area contributed by atoms with E-state index in [0.717, 1.165) is 0 Å². The van der Waals surface area contributed by atoms with Crippen molar-refractivity contribution in [2.45, 2.75) is 25.5 Å². The molecule has 2 aromatic rings. The van der Waals surface area contributed by atoms with Gasteiger partial charge in [-0.25, -0.2) is 14.6 Å². The molecule has 0 spiro atoms. The van der Waals surface area contributed by atoms with Gasteiger partial charge in [0.05, 0.1) is 46.5 Å². The maximum Gasteiger partial charge on any atom is 0.336 e. The molecule has 0 bridgehead atoms. The molecule has 0 aliphatic carbocycles. The van der Waals surface area contributed by atoms with Gasteiger partial charge >= 0.3 is 11.9 Å². The van der Waals surface area contributed by atoms with Gasteiger partial charge in [-0.05, 0) is 25.5 Å². The zero-order chi connectivity index (χ0) is 25.7. The number of allylic oxidation sites excluding steroid dienone is 1. The molecule has 1 atom stereocenters. The summed E-state index contributed by atoms with van der Waals surface area (Å²) in [5.41, 5.74) is 7.68. The van der Waals surface area contributed by atoms with Crippen LogP contribution < -0.4 is 16.6 Å². The zero-order valence-corrected chi connectivity index (χ0v) is 21.6. The molecule has 9 nitrogen and oxygen atoms in total. The van der Waals surface area contributed by atoms with Gasteiger partial charge in [-0.1, -0.05) is 35.3 Å². The van der Waals surface area contributed by atoms with E-state index < -0.39 is 17.9 Å². The molecule has 4 N–H and O–H groups in total. The minimum absolute atomic E-state index is 0.0208. The van der Waals surface area contributed by atoms with Crippen molar-refractivity contribution < 1.29 is 19.1 Å². The summed E-state index contributed by atoms with van der Waals surface area (Å²) in [6.07, 6.45) is 0. The number of thioether (sulfide) groups is 1. The number of dihydropyridines is 1. The number of esters is 2. The lowest BCUT2D eigenvalue weighted by molar-refractivity contribution is -0.139. The first-order valence-electron chi connectivity index (χ1n) is 10.5. The highest BCUT2D eigenvalue weighted by Crippen LogP contribution is 2.44. The first-order chi connectivity index (χ1) is 16.7. The normalized spacial score (nSPS) is 15.6. The number of rotatable bonds is 8. The third kappa shape index (κ3) is 6.01. The fourth-order valence-electron chi connectivity index (χ4n) is 3.76. The predicted molar refractivity (Wildman–Crippen MR) is 136 cm³/mol. The molecular formula is C23H24Cl2N4O5S. The van der Waals surface area contributed by atoms with E-state index in [0.29, 0.717) is 34.2 Å². The highest BCUT2D eigenvalue weighted by Gasteiger charge is 2.39. The number of benzene rings is 1. The van der Waals surface area contributed by atoms with E-state index in [4.69, 9.17) is 38.4 Å². The average Bonchev–Trinajstić information content (AvgIpc) is 2.79. The van der Waals surface area contributed by atoms with E-state index in [9.17, 15) is 14.4 Å². The van der Waals surface area contributed by atoms with Gasteiger partial charge in [0, 0.05) is 29.0 Å². The lowest BCUT2D eigenvalue weighted by Gasteiger charge is -2.32. The number of anilines is 1. The summed E-state index contributed by atoms with van der Waals surface area (Å²) >= 11 is 14.2. The molecule has 0 amide bonds. The highest BCUT2D eigenvalue weighted by molar-refractivity contribution is 7.98. The Labute approximate surface area is 216 Å². The molecule has 1 aliphatic rings. The summed E-state index contributed by atoms with van der Waals surface area (Å²) in [5, 5.41) is 3.66. The zero-order valence-electron chi connectivity index (χ0n) is 19.2. The number of aromatic nitrogens is 2. The van der Waals surface area contributed by atoms with Crippen molar-refractivity contribution >= 4 is 52.9 Å². The number of ether oxygens (including phenoxy) is 2. The molecule has 0 radical (unpaired) electrons. The second-order valence-corrected chi connectivity index (χ2v) is 9.23. The number of H-pyrrole nitrogens is 1. The molecule has 35 heavy (non-hydrogen) atoms. The number of nitrogen functional groups attached to an aromatic ring is 1. The minimum Gasteiger partial charge on any atom is -0.466 e. The first-order valence-corrected chi connectivity index (χ1v) is 12.4. The molecule has 186 valence electrons. The number of carbonyl (C=O) groups is 2. The van der Waals surface area contributed by atoms with Crippen LogP contribution in [0.15, 0.2) is 51.6 Å². The SMILES string of the molecule is CCOC(=O)C1=C(CSCc2cc(=O)[nH]c(N)n2)NC(C)=C(C(=O)OC)C1c1cccc(Cl)c1Cl. The molecule has 1 aromatic carbocycles. The molecule has 1 aromatic heterocycles. The number of nitrogens with two attached hydrogens (primary N) is 1. The summed E-state index contributed by atoms with van der Waals surface area (Å²) in [5.74, 6) is -1.42. The van der Waals surface area contributed by atoms with Crippen LogP contribution in [-0.4, -0.2) is 41.4 Å². The molecule has 1 unspecified atom stereocenters. The van der Waals surface area contributed by atoms with Crippen molar-refractivity contribution in [1.29, 1.82) is 0 Å². The average molecular weight is 539 g/mol. The Morgan fingerprint density at radius 2 is 1.94 bits per heavy atom. The first kappa shape index (κ1) is 26.7. The van der Waals surface area contributed by atoms with Crippen LogP contribution >= 0.6 is 35.0 Å². The lowest BCUT2D eigenvalue weighted by atomic mass is 9.80. The van der Waals surface area contributed by atoms with Gasteiger partial charge in [-0.3, -0.25) is 9.78 Å². The van der Waals surface area contributed by atoms with E-state index in [2.05, 4.69) is 15.3 Å². The third-order valence-corrected chi connectivity index (χ3v) is 6.97. The molecule has 0 fully saturated rings. The van der Waals surface area contributed by atoms with Crippen molar-refractivity contribution in [3.63, 3.8) is 0 Å². The number of hydrogen-bond donors (Lipinski definition) is 3. The van der Waals surface area contributed by atoms with Crippen LogP contribution in [0.2, 0.25) is 10.0 Å². The minimum atomic E-state index is -0.877. The largest absolute Gasteiger partial charge is 0.466 e. The monoisotopic (exact) mass is 538 g/mol. The molecule has 1 aliphatic heterocycles. The van der Waals surface area contributed by atoms with Crippen LogP contribution in [-0.2, 0) is 24.8 Å². The number of halogens is 2. The Morgan fingerprint density at radius 1 is 1.20 bits per heavy atom. The second-order valence-electron chi connectivity index (χ2n) is 7.46. The van der Waals surface area contributed by atoms with Gasteiger partial charge in [0.15, 0.2) is 0 Å². The Morgan fingerprint density at radius 3 is 2.60 bits per heavy atom. The fourth-order valence-corrected chi connectivity index (χ4v) is 5.06. The molecule has 0 saturated carbocycles. The van der Waals surface area contributed by atoms with Crippen molar-refractivity contribution in [3.8, 4) is 0 Å². The summed E-state index contributed by atoms with van der Waals surface area (Å²) in [6, 6.07) is 6.37. The summed E-state index contributed by atoms with van der Waals surface area (Å²) in [4.78, 5) is 44.2. The smallest absolute Gasteiger partial charge is 0.336 e. The molecule has 2 heterocycles. The van der Waals surface area contributed by atoms with Gasteiger partial charge < -0.3 is 20.5 Å². The van der Waals surface area contributed by atoms with E-state index >= 15 is 0 Å². The van der Waals surface area contributed by atoms with Gasteiger partial charge in [-0.2, -0.15) is 0 Å². The van der Waals surface area contributed by atoms with Crippen LogP contribution in [0, 0.1) is 0 Å².